The summed E-state index contributed by atoms with van der Waals surface area (Å²) in [5, 5.41) is 7.42. The van der Waals surface area contributed by atoms with E-state index in [4.69, 9.17) is 4.52 Å². The first-order chi connectivity index (χ1) is 12.8. The summed E-state index contributed by atoms with van der Waals surface area (Å²) in [5.74, 6) is -0.222. The normalized spacial score (nSPS) is 12.7. The average molecular weight is 406 g/mol. The summed E-state index contributed by atoms with van der Waals surface area (Å²) in [5.41, 5.74) is 1.56. The van der Waals surface area contributed by atoms with Crippen LogP contribution in [0.25, 0.3) is 0 Å². The van der Waals surface area contributed by atoms with Crippen LogP contribution in [0.3, 0.4) is 0 Å². The van der Waals surface area contributed by atoms with Gasteiger partial charge in [-0.2, -0.15) is 0 Å². The van der Waals surface area contributed by atoms with E-state index < -0.39 is 21.0 Å². The molecule has 142 valence electrons. The van der Waals surface area contributed by atoms with Crippen molar-refractivity contribution in [1.29, 1.82) is 0 Å². The van der Waals surface area contributed by atoms with Crippen molar-refractivity contribution in [3.05, 3.63) is 63.8 Å². The van der Waals surface area contributed by atoms with E-state index in [0.717, 1.165) is 10.6 Å². The number of carbonyl (C=O) groups is 1. The van der Waals surface area contributed by atoms with Gasteiger partial charge in [0.1, 0.15) is 11.0 Å². The number of thiazole rings is 1. The molecule has 7 nitrogen and oxygen atoms in total. The summed E-state index contributed by atoms with van der Waals surface area (Å²) in [6.45, 7) is 3.03. The van der Waals surface area contributed by atoms with Gasteiger partial charge in [0.25, 0.3) is 0 Å². The van der Waals surface area contributed by atoms with Gasteiger partial charge in [0, 0.05) is 17.9 Å². The number of hydrogen-bond donors (Lipinski definition) is 1. The van der Waals surface area contributed by atoms with Gasteiger partial charge >= 0.3 is 0 Å². The fourth-order valence-electron chi connectivity index (χ4n) is 2.41. The van der Waals surface area contributed by atoms with Gasteiger partial charge in [-0.3, -0.25) is 4.79 Å². The predicted molar refractivity (Wildman–Crippen MR) is 103 cm³/mol. The Labute approximate surface area is 161 Å². The number of aryl methyl sites for hydroxylation is 1. The minimum atomic E-state index is -3.71. The highest BCUT2D eigenvalue weighted by Crippen LogP contribution is 2.19. The molecule has 0 aliphatic heterocycles. The maximum atomic E-state index is 12.6. The van der Waals surface area contributed by atoms with Crippen LogP contribution in [0, 0.1) is 6.92 Å². The molecule has 27 heavy (non-hydrogen) atoms. The van der Waals surface area contributed by atoms with Crippen molar-refractivity contribution in [2.75, 3.05) is 5.32 Å². The molecule has 1 unspecified atom stereocenters. The Morgan fingerprint density at radius 1 is 1.30 bits per heavy atom. The first-order valence-corrected chi connectivity index (χ1v) is 10.9. The van der Waals surface area contributed by atoms with E-state index in [9.17, 15) is 13.2 Å². The van der Waals surface area contributed by atoms with Crippen LogP contribution in [0.15, 0.2) is 46.3 Å². The molecule has 0 aliphatic rings. The van der Waals surface area contributed by atoms with Gasteiger partial charge in [-0.05, 0) is 19.4 Å². The predicted octanol–water partition coefficient (Wildman–Crippen LogP) is 2.97. The van der Waals surface area contributed by atoms with Crippen LogP contribution < -0.4 is 5.32 Å². The molecule has 3 rings (SSSR count). The molecule has 9 heteroatoms. The van der Waals surface area contributed by atoms with Gasteiger partial charge in [-0.1, -0.05) is 35.5 Å². The van der Waals surface area contributed by atoms with Crippen molar-refractivity contribution in [2.45, 2.75) is 31.3 Å². The number of carbonyl (C=O) groups excluding carboxylic acids is 1. The van der Waals surface area contributed by atoms with E-state index in [1.165, 1.54) is 24.3 Å². The Bertz CT molecular complexity index is 1030. The molecule has 2 heterocycles. The zero-order valence-electron chi connectivity index (χ0n) is 14.9. The summed E-state index contributed by atoms with van der Waals surface area (Å²) in [7, 11) is -3.71. The minimum Gasteiger partial charge on any atom is -0.360 e. The highest BCUT2D eigenvalue weighted by atomic mass is 32.2. The average Bonchev–Trinajstić information content (AvgIpc) is 3.23. The fourth-order valence-corrected chi connectivity index (χ4v) is 4.54. The highest BCUT2D eigenvalue weighted by molar-refractivity contribution is 7.92. The van der Waals surface area contributed by atoms with E-state index in [1.807, 2.05) is 30.3 Å². The summed E-state index contributed by atoms with van der Waals surface area (Å²) in [4.78, 5) is 16.6. The molecular formula is C18H19N3O4S2. The smallest absolute Gasteiger partial charge is 0.243 e. The summed E-state index contributed by atoms with van der Waals surface area (Å²) in [6.07, 6.45) is 0.646. The second-order valence-corrected chi connectivity index (χ2v) is 9.42. The Kier molecular flexibility index (Phi) is 5.71. The van der Waals surface area contributed by atoms with Crippen LogP contribution in [0.5, 0.6) is 0 Å². The van der Waals surface area contributed by atoms with Crippen molar-refractivity contribution < 1.29 is 17.7 Å². The van der Waals surface area contributed by atoms with E-state index in [-0.39, 0.29) is 11.6 Å². The van der Waals surface area contributed by atoms with E-state index in [1.54, 1.807) is 12.3 Å². The quantitative estimate of drug-likeness (QED) is 0.648. The topological polar surface area (TPSA) is 102 Å². The Morgan fingerprint density at radius 2 is 2.04 bits per heavy atom. The molecule has 0 saturated carbocycles. The van der Waals surface area contributed by atoms with Gasteiger partial charge < -0.3 is 9.84 Å². The maximum absolute atomic E-state index is 12.6. The number of benzene rings is 1. The van der Waals surface area contributed by atoms with Gasteiger partial charge in [0.2, 0.25) is 5.91 Å². The Hall–Kier alpha value is -2.52. The zero-order valence-corrected chi connectivity index (χ0v) is 16.5. The molecule has 3 aromatic rings. The number of aromatic nitrogens is 2. The van der Waals surface area contributed by atoms with Crippen molar-refractivity contribution in [2.24, 2.45) is 0 Å². The molecule has 0 radical (unpaired) electrons. The molecule has 0 spiro atoms. The van der Waals surface area contributed by atoms with Crippen LogP contribution in [-0.2, 0) is 26.8 Å². The number of rotatable bonds is 7. The standard InChI is InChI=1S/C18H19N3O4S2/c1-12-8-16(21-25-12)20-18(22)13(2)27(23,24)11-15-10-26-17(19-15)9-14-6-4-3-5-7-14/h3-8,10,13H,9,11H2,1-2H3,(H,20,21,22). The lowest BCUT2D eigenvalue weighted by molar-refractivity contribution is -0.115. The van der Waals surface area contributed by atoms with E-state index in [2.05, 4.69) is 15.5 Å². The largest absolute Gasteiger partial charge is 0.360 e. The van der Waals surface area contributed by atoms with Gasteiger partial charge in [0.15, 0.2) is 15.7 Å². The second kappa shape index (κ2) is 8.01. The number of amides is 1. The van der Waals surface area contributed by atoms with Gasteiger partial charge in [-0.25, -0.2) is 13.4 Å². The maximum Gasteiger partial charge on any atom is 0.243 e. The molecule has 1 N–H and O–H groups in total. The van der Waals surface area contributed by atoms with Crippen molar-refractivity contribution >= 4 is 32.9 Å². The summed E-state index contributed by atoms with van der Waals surface area (Å²) in [6, 6.07) is 11.4. The number of sulfone groups is 1. The van der Waals surface area contributed by atoms with Crippen molar-refractivity contribution in [3.63, 3.8) is 0 Å². The Balaban J connectivity index is 1.64. The molecular weight excluding hydrogens is 386 g/mol. The minimum absolute atomic E-state index is 0.193. The molecule has 1 aromatic carbocycles. The molecule has 0 bridgehead atoms. The lowest BCUT2D eigenvalue weighted by Crippen LogP contribution is -2.33. The van der Waals surface area contributed by atoms with Crippen LogP contribution in [0.2, 0.25) is 0 Å². The van der Waals surface area contributed by atoms with Crippen LogP contribution in [-0.4, -0.2) is 29.7 Å². The van der Waals surface area contributed by atoms with Crippen LogP contribution >= 0.6 is 11.3 Å². The number of hydrogen-bond acceptors (Lipinski definition) is 7. The SMILES string of the molecule is Cc1cc(NC(=O)C(C)S(=O)(=O)Cc2csc(Cc3ccccc3)n2)no1. The first-order valence-electron chi connectivity index (χ1n) is 8.26. The summed E-state index contributed by atoms with van der Waals surface area (Å²) >= 11 is 1.41. The third-order valence-corrected chi connectivity index (χ3v) is 6.82. The van der Waals surface area contributed by atoms with Crippen molar-refractivity contribution in [3.8, 4) is 0 Å². The molecule has 2 aromatic heterocycles. The van der Waals surface area contributed by atoms with Crippen molar-refractivity contribution in [1.82, 2.24) is 10.1 Å². The molecule has 0 fully saturated rings. The number of anilines is 1. The lowest BCUT2D eigenvalue weighted by Gasteiger charge is -2.11. The first kappa shape index (κ1) is 19.2. The second-order valence-electron chi connectivity index (χ2n) is 6.16. The van der Waals surface area contributed by atoms with E-state index >= 15 is 0 Å². The third kappa shape index (κ3) is 5.01. The monoisotopic (exact) mass is 405 g/mol. The van der Waals surface area contributed by atoms with Crippen LogP contribution in [0.1, 0.15) is 28.9 Å². The zero-order chi connectivity index (χ0) is 19.4. The van der Waals surface area contributed by atoms with E-state index in [0.29, 0.717) is 17.9 Å². The van der Waals surface area contributed by atoms with Gasteiger partial charge in [-0.15, -0.1) is 11.3 Å². The lowest BCUT2D eigenvalue weighted by atomic mass is 10.2. The van der Waals surface area contributed by atoms with Crippen LogP contribution in [0.4, 0.5) is 5.82 Å². The third-order valence-electron chi connectivity index (χ3n) is 3.93. The molecule has 0 aliphatic carbocycles. The number of nitrogens with zero attached hydrogens (tertiary/aromatic N) is 2. The fraction of sp³-hybridized carbons (Fsp3) is 0.278. The molecule has 1 amide bonds. The number of nitrogens with one attached hydrogen (secondary N) is 1. The molecule has 0 saturated heterocycles. The van der Waals surface area contributed by atoms with Gasteiger partial charge in [0.05, 0.1) is 16.5 Å². The molecule has 1 atom stereocenters. The highest BCUT2D eigenvalue weighted by Gasteiger charge is 2.29. The summed E-state index contributed by atoms with van der Waals surface area (Å²) < 4.78 is 30.0. The Morgan fingerprint density at radius 3 is 2.70 bits per heavy atom.